The number of carbonyl (C=O) groups excluding carboxylic acids is 2. The third-order valence-corrected chi connectivity index (χ3v) is 3.91. The van der Waals surface area contributed by atoms with Gasteiger partial charge in [-0.3, -0.25) is 9.59 Å². The summed E-state index contributed by atoms with van der Waals surface area (Å²) in [7, 11) is 0. The van der Waals surface area contributed by atoms with Crippen LogP contribution in [0.3, 0.4) is 0 Å². The summed E-state index contributed by atoms with van der Waals surface area (Å²) in [5, 5.41) is 2.73. The van der Waals surface area contributed by atoms with E-state index >= 15 is 0 Å². The molecule has 0 aliphatic carbocycles. The van der Waals surface area contributed by atoms with Crippen LogP contribution in [0.1, 0.15) is 42.1 Å². The Labute approximate surface area is 120 Å². The molecule has 1 aromatic carbocycles. The smallest absolute Gasteiger partial charge is 0.251 e. The van der Waals surface area contributed by atoms with E-state index in [1.165, 1.54) is 6.42 Å². The topological polar surface area (TPSA) is 49.4 Å². The zero-order valence-corrected chi connectivity index (χ0v) is 12.2. The Hall–Kier alpha value is -1.84. The number of aryl methyl sites for hydroxylation is 1. The lowest BCUT2D eigenvalue weighted by molar-refractivity contribution is -0.133. The van der Waals surface area contributed by atoms with E-state index in [1.807, 2.05) is 30.0 Å². The van der Waals surface area contributed by atoms with Crippen LogP contribution in [0.5, 0.6) is 0 Å². The van der Waals surface area contributed by atoms with Crippen LogP contribution >= 0.6 is 0 Å². The number of hydrogen-bond donors (Lipinski definition) is 1. The first kappa shape index (κ1) is 14.6. The van der Waals surface area contributed by atoms with E-state index in [0.717, 1.165) is 24.9 Å². The average Bonchev–Trinajstić information content (AvgIpc) is 2.45. The highest BCUT2D eigenvalue weighted by molar-refractivity contribution is 5.97. The number of nitrogens with zero attached hydrogens (tertiary/aromatic N) is 1. The second-order valence-corrected chi connectivity index (χ2v) is 5.43. The predicted octanol–water partition coefficient (Wildman–Crippen LogP) is 2.13. The van der Waals surface area contributed by atoms with E-state index in [2.05, 4.69) is 12.2 Å². The Morgan fingerprint density at radius 3 is 2.75 bits per heavy atom. The van der Waals surface area contributed by atoms with Gasteiger partial charge in [0, 0.05) is 18.2 Å². The molecule has 1 aliphatic heterocycles. The average molecular weight is 274 g/mol. The number of benzene rings is 1. The minimum absolute atomic E-state index is 0.0131. The van der Waals surface area contributed by atoms with Crippen LogP contribution in [-0.2, 0) is 4.79 Å². The molecule has 1 heterocycles. The van der Waals surface area contributed by atoms with Gasteiger partial charge in [0.2, 0.25) is 5.91 Å². The van der Waals surface area contributed by atoms with Gasteiger partial charge in [-0.2, -0.15) is 0 Å². The molecule has 1 atom stereocenters. The first-order chi connectivity index (χ1) is 9.59. The number of likely N-dealkylation sites (tertiary alicyclic amines) is 1. The number of amides is 2. The second kappa shape index (κ2) is 6.55. The molecular formula is C16H22N2O2. The fraction of sp³-hybridized carbons (Fsp3) is 0.500. The van der Waals surface area contributed by atoms with Gasteiger partial charge in [0.15, 0.2) is 0 Å². The Bertz CT molecular complexity index is 499. The highest BCUT2D eigenvalue weighted by atomic mass is 16.2. The standard InChI is InChI=1S/C16H22N2O2/c1-12-7-3-4-9-14(12)16(20)17-11-15(19)18-10-6-5-8-13(18)2/h3-4,7,9,13H,5-6,8,10-11H2,1-2H3,(H,17,20). The van der Waals surface area contributed by atoms with Gasteiger partial charge in [0.1, 0.15) is 0 Å². The predicted molar refractivity (Wildman–Crippen MR) is 78.5 cm³/mol. The second-order valence-electron chi connectivity index (χ2n) is 5.43. The van der Waals surface area contributed by atoms with Gasteiger partial charge in [-0.15, -0.1) is 0 Å². The van der Waals surface area contributed by atoms with E-state index in [4.69, 9.17) is 0 Å². The van der Waals surface area contributed by atoms with Crippen molar-refractivity contribution in [1.82, 2.24) is 10.2 Å². The van der Waals surface area contributed by atoms with Gasteiger partial charge in [-0.05, 0) is 44.7 Å². The summed E-state index contributed by atoms with van der Waals surface area (Å²) in [6, 6.07) is 7.68. The summed E-state index contributed by atoms with van der Waals surface area (Å²) in [6.45, 7) is 4.85. The van der Waals surface area contributed by atoms with Gasteiger partial charge in [0.05, 0.1) is 6.54 Å². The van der Waals surface area contributed by atoms with Crippen molar-refractivity contribution in [3.8, 4) is 0 Å². The van der Waals surface area contributed by atoms with Crippen LogP contribution < -0.4 is 5.32 Å². The molecule has 1 fully saturated rings. The summed E-state index contributed by atoms with van der Waals surface area (Å²) < 4.78 is 0. The van der Waals surface area contributed by atoms with Crippen molar-refractivity contribution in [2.75, 3.05) is 13.1 Å². The lowest BCUT2D eigenvalue weighted by atomic mass is 10.0. The van der Waals surface area contributed by atoms with E-state index in [9.17, 15) is 9.59 Å². The molecule has 1 unspecified atom stereocenters. The molecule has 4 nitrogen and oxygen atoms in total. The molecule has 0 bridgehead atoms. The molecule has 0 radical (unpaired) electrons. The molecule has 0 saturated carbocycles. The van der Waals surface area contributed by atoms with Crippen molar-refractivity contribution >= 4 is 11.8 Å². The van der Waals surface area contributed by atoms with E-state index < -0.39 is 0 Å². The summed E-state index contributed by atoms with van der Waals surface area (Å²) in [5.74, 6) is -0.166. The summed E-state index contributed by atoms with van der Waals surface area (Å²) in [6.07, 6.45) is 3.29. The normalized spacial score (nSPS) is 18.7. The molecule has 1 aliphatic rings. The van der Waals surface area contributed by atoms with E-state index in [-0.39, 0.29) is 24.4 Å². The van der Waals surface area contributed by atoms with Crippen molar-refractivity contribution in [3.05, 3.63) is 35.4 Å². The van der Waals surface area contributed by atoms with Gasteiger partial charge < -0.3 is 10.2 Å². The summed E-state index contributed by atoms with van der Waals surface area (Å²) >= 11 is 0. The number of nitrogens with one attached hydrogen (secondary N) is 1. The maximum absolute atomic E-state index is 12.1. The number of hydrogen-bond acceptors (Lipinski definition) is 2. The maximum atomic E-state index is 12.1. The van der Waals surface area contributed by atoms with Crippen LogP contribution in [-0.4, -0.2) is 35.8 Å². The van der Waals surface area contributed by atoms with Gasteiger partial charge >= 0.3 is 0 Å². The lowest BCUT2D eigenvalue weighted by Crippen LogP contribution is -2.46. The van der Waals surface area contributed by atoms with Crippen molar-refractivity contribution in [2.24, 2.45) is 0 Å². The van der Waals surface area contributed by atoms with Gasteiger partial charge in [-0.1, -0.05) is 18.2 Å². The molecule has 1 N–H and O–H groups in total. The Kier molecular flexibility index (Phi) is 4.77. The highest BCUT2D eigenvalue weighted by Crippen LogP contribution is 2.16. The van der Waals surface area contributed by atoms with Crippen molar-refractivity contribution < 1.29 is 9.59 Å². The number of rotatable bonds is 3. The monoisotopic (exact) mass is 274 g/mol. The van der Waals surface area contributed by atoms with Gasteiger partial charge in [0.25, 0.3) is 5.91 Å². The van der Waals surface area contributed by atoms with Crippen LogP contribution in [0, 0.1) is 6.92 Å². The minimum Gasteiger partial charge on any atom is -0.343 e. The number of carbonyl (C=O) groups is 2. The van der Waals surface area contributed by atoms with E-state index in [1.54, 1.807) is 6.07 Å². The van der Waals surface area contributed by atoms with Crippen molar-refractivity contribution in [1.29, 1.82) is 0 Å². The largest absolute Gasteiger partial charge is 0.343 e. The Morgan fingerprint density at radius 1 is 1.30 bits per heavy atom. The molecule has 2 rings (SSSR count). The van der Waals surface area contributed by atoms with Crippen LogP contribution in [0.25, 0.3) is 0 Å². The minimum atomic E-state index is -0.180. The maximum Gasteiger partial charge on any atom is 0.251 e. The van der Waals surface area contributed by atoms with E-state index in [0.29, 0.717) is 5.56 Å². The fourth-order valence-electron chi connectivity index (χ4n) is 2.65. The fourth-order valence-corrected chi connectivity index (χ4v) is 2.65. The highest BCUT2D eigenvalue weighted by Gasteiger charge is 2.23. The van der Waals surface area contributed by atoms with Gasteiger partial charge in [-0.25, -0.2) is 0 Å². The molecule has 1 saturated heterocycles. The zero-order chi connectivity index (χ0) is 14.5. The summed E-state index contributed by atoms with van der Waals surface area (Å²) in [4.78, 5) is 26.1. The molecule has 108 valence electrons. The Morgan fingerprint density at radius 2 is 2.05 bits per heavy atom. The van der Waals surface area contributed by atoms with Crippen molar-refractivity contribution in [3.63, 3.8) is 0 Å². The van der Waals surface area contributed by atoms with Crippen LogP contribution in [0.15, 0.2) is 24.3 Å². The van der Waals surface area contributed by atoms with Crippen molar-refractivity contribution in [2.45, 2.75) is 39.2 Å². The molecule has 20 heavy (non-hydrogen) atoms. The first-order valence-corrected chi connectivity index (χ1v) is 7.23. The molecule has 0 spiro atoms. The molecular weight excluding hydrogens is 252 g/mol. The number of piperidine rings is 1. The molecule has 4 heteroatoms. The summed E-state index contributed by atoms with van der Waals surface area (Å²) in [5.41, 5.74) is 1.55. The molecule has 1 aromatic rings. The molecule has 0 aromatic heterocycles. The lowest BCUT2D eigenvalue weighted by Gasteiger charge is -2.33. The quantitative estimate of drug-likeness (QED) is 0.918. The van der Waals surface area contributed by atoms with Crippen LogP contribution in [0.4, 0.5) is 0 Å². The van der Waals surface area contributed by atoms with Crippen LogP contribution in [0.2, 0.25) is 0 Å². The molecule has 2 amide bonds. The first-order valence-electron chi connectivity index (χ1n) is 7.23. The SMILES string of the molecule is Cc1ccccc1C(=O)NCC(=O)N1CCCCC1C. The third-order valence-electron chi connectivity index (χ3n) is 3.91. The zero-order valence-electron chi connectivity index (χ0n) is 12.2. The Balaban J connectivity index is 1.90. The third kappa shape index (κ3) is 3.38.